The summed E-state index contributed by atoms with van der Waals surface area (Å²) < 4.78 is 10.7. The highest BCUT2D eigenvalue weighted by Crippen LogP contribution is 2.21. The number of rotatable bonds is 4. The summed E-state index contributed by atoms with van der Waals surface area (Å²) in [6.45, 7) is 3.82. The highest BCUT2D eigenvalue weighted by Gasteiger charge is 2.21. The van der Waals surface area contributed by atoms with E-state index in [-0.39, 0.29) is 25.0 Å². The first kappa shape index (κ1) is 15.0. The first-order chi connectivity index (χ1) is 9.58. The third-order valence-electron chi connectivity index (χ3n) is 3.92. The Morgan fingerprint density at radius 3 is 2.90 bits per heavy atom. The number of aliphatic hydroxyl groups is 1. The molecule has 110 valence electrons. The summed E-state index contributed by atoms with van der Waals surface area (Å²) in [5.41, 5.74) is 2.58. The maximum atomic E-state index is 12.0. The molecule has 4 heteroatoms. The second-order valence-corrected chi connectivity index (χ2v) is 5.41. The molecular weight excluding hydrogens is 256 g/mol. The van der Waals surface area contributed by atoms with Crippen LogP contribution in [0.2, 0.25) is 0 Å². The Morgan fingerprint density at radius 2 is 2.15 bits per heavy atom. The van der Waals surface area contributed by atoms with Crippen LogP contribution in [0.15, 0.2) is 18.2 Å². The van der Waals surface area contributed by atoms with Gasteiger partial charge in [0.15, 0.2) is 6.79 Å². The van der Waals surface area contributed by atoms with Crippen molar-refractivity contribution in [2.24, 2.45) is 0 Å². The fourth-order valence-electron chi connectivity index (χ4n) is 2.51. The van der Waals surface area contributed by atoms with Crippen molar-refractivity contribution in [3.8, 4) is 0 Å². The molecule has 4 nitrogen and oxygen atoms in total. The third-order valence-corrected chi connectivity index (χ3v) is 3.92. The number of ether oxygens (including phenoxy) is 2. The van der Waals surface area contributed by atoms with Crippen molar-refractivity contribution >= 4 is 5.97 Å². The maximum absolute atomic E-state index is 12.0. The van der Waals surface area contributed by atoms with Gasteiger partial charge in [0.1, 0.15) is 0 Å². The first-order valence-electron chi connectivity index (χ1n) is 7.11. The van der Waals surface area contributed by atoms with Gasteiger partial charge in [0.25, 0.3) is 0 Å². The van der Waals surface area contributed by atoms with Gasteiger partial charge in [-0.1, -0.05) is 12.1 Å². The zero-order valence-corrected chi connectivity index (χ0v) is 12.1. The third kappa shape index (κ3) is 3.81. The van der Waals surface area contributed by atoms with Crippen LogP contribution in [0.4, 0.5) is 0 Å². The molecule has 1 aliphatic carbocycles. The molecule has 1 saturated carbocycles. The SMILES string of the molecule is Cc1cccc(C(=O)OCOC2CCCC(O)C2)c1C. The molecule has 0 bridgehead atoms. The average Bonchev–Trinajstić information content (AvgIpc) is 2.42. The van der Waals surface area contributed by atoms with Crippen molar-refractivity contribution in [1.29, 1.82) is 0 Å². The molecule has 0 spiro atoms. The normalized spacial score (nSPS) is 22.6. The minimum atomic E-state index is -0.359. The Balaban J connectivity index is 1.82. The largest absolute Gasteiger partial charge is 0.435 e. The fraction of sp³-hybridized carbons (Fsp3) is 0.562. The maximum Gasteiger partial charge on any atom is 0.340 e. The van der Waals surface area contributed by atoms with Crippen molar-refractivity contribution in [2.45, 2.75) is 51.7 Å². The minimum absolute atomic E-state index is 0.00911. The van der Waals surface area contributed by atoms with Gasteiger partial charge < -0.3 is 14.6 Å². The van der Waals surface area contributed by atoms with E-state index < -0.39 is 0 Å². The molecule has 1 fully saturated rings. The molecule has 0 heterocycles. The molecule has 0 aromatic heterocycles. The number of esters is 1. The summed E-state index contributed by atoms with van der Waals surface area (Å²) >= 11 is 0. The van der Waals surface area contributed by atoms with Crippen LogP contribution in [-0.2, 0) is 9.47 Å². The smallest absolute Gasteiger partial charge is 0.340 e. The van der Waals surface area contributed by atoms with E-state index in [0.717, 1.165) is 30.4 Å². The van der Waals surface area contributed by atoms with Crippen molar-refractivity contribution in [3.05, 3.63) is 34.9 Å². The Bertz CT molecular complexity index is 470. The van der Waals surface area contributed by atoms with E-state index in [4.69, 9.17) is 9.47 Å². The zero-order chi connectivity index (χ0) is 14.5. The molecule has 1 aliphatic rings. The monoisotopic (exact) mass is 278 g/mol. The van der Waals surface area contributed by atoms with Gasteiger partial charge in [-0.3, -0.25) is 0 Å². The Hall–Kier alpha value is -1.39. The predicted octanol–water partition coefficient (Wildman–Crippen LogP) is 2.74. The lowest BCUT2D eigenvalue weighted by Gasteiger charge is -2.25. The molecule has 0 aliphatic heterocycles. The van der Waals surface area contributed by atoms with Gasteiger partial charge in [-0.15, -0.1) is 0 Å². The molecular formula is C16H22O4. The van der Waals surface area contributed by atoms with E-state index in [1.807, 2.05) is 26.0 Å². The lowest BCUT2D eigenvalue weighted by atomic mass is 9.95. The summed E-state index contributed by atoms with van der Waals surface area (Å²) in [5.74, 6) is -0.359. The summed E-state index contributed by atoms with van der Waals surface area (Å²) in [6, 6.07) is 5.57. The Kier molecular flexibility index (Phi) is 5.15. The van der Waals surface area contributed by atoms with Gasteiger partial charge in [-0.2, -0.15) is 0 Å². The minimum Gasteiger partial charge on any atom is -0.435 e. The fourth-order valence-corrected chi connectivity index (χ4v) is 2.51. The summed E-state index contributed by atoms with van der Waals surface area (Å²) in [5, 5.41) is 9.55. The highest BCUT2D eigenvalue weighted by atomic mass is 16.7. The molecule has 0 saturated heterocycles. The van der Waals surface area contributed by atoms with E-state index in [0.29, 0.717) is 12.0 Å². The molecule has 1 aromatic carbocycles. The van der Waals surface area contributed by atoms with Gasteiger partial charge in [0.2, 0.25) is 0 Å². The van der Waals surface area contributed by atoms with Crippen LogP contribution in [0, 0.1) is 13.8 Å². The second kappa shape index (κ2) is 6.86. The predicted molar refractivity (Wildman–Crippen MR) is 75.5 cm³/mol. The zero-order valence-electron chi connectivity index (χ0n) is 12.1. The van der Waals surface area contributed by atoms with Crippen LogP contribution >= 0.6 is 0 Å². The molecule has 1 aromatic rings. The number of aryl methyl sites for hydroxylation is 1. The average molecular weight is 278 g/mol. The van der Waals surface area contributed by atoms with Crippen LogP contribution < -0.4 is 0 Å². The number of benzene rings is 1. The molecule has 0 amide bonds. The van der Waals surface area contributed by atoms with Crippen LogP contribution in [0.25, 0.3) is 0 Å². The van der Waals surface area contributed by atoms with Crippen LogP contribution in [0.1, 0.15) is 47.2 Å². The van der Waals surface area contributed by atoms with Crippen molar-refractivity contribution in [1.82, 2.24) is 0 Å². The summed E-state index contributed by atoms with van der Waals surface area (Å²) in [4.78, 5) is 12.0. The van der Waals surface area contributed by atoms with Gasteiger partial charge >= 0.3 is 5.97 Å². The summed E-state index contributed by atoms with van der Waals surface area (Å²) in [7, 11) is 0. The first-order valence-corrected chi connectivity index (χ1v) is 7.11. The lowest BCUT2D eigenvalue weighted by molar-refractivity contribution is -0.0892. The van der Waals surface area contributed by atoms with Gasteiger partial charge in [-0.25, -0.2) is 4.79 Å². The van der Waals surface area contributed by atoms with Crippen LogP contribution in [0.3, 0.4) is 0 Å². The Morgan fingerprint density at radius 1 is 1.35 bits per heavy atom. The number of carbonyl (C=O) groups is 1. The van der Waals surface area contributed by atoms with Crippen molar-refractivity contribution in [3.63, 3.8) is 0 Å². The van der Waals surface area contributed by atoms with Crippen molar-refractivity contribution < 1.29 is 19.4 Å². The Labute approximate surface area is 119 Å². The number of aliphatic hydroxyl groups excluding tert-OH is 1. The summed E-state index contributed by atoms with van der Waals surface area (Å²) in [6.07, 6.45) is 3.03. The topological polar surface area (TPSA) is 55.8 Å². The second-order valence-electron chi connectivity index (χ2n) is 5.41. The molecule has 0 radical (unpaired) electrons. The molecule has 20 heavy (non-hydrogen) atoms. The van der Waals surface area contributed by atoms with E-state index >= 15 is 0 Å². The standard InChI is InChI=1S/C16H22O4/c1-11-5-3-8-15(12(11)2)16(18)20-10-19-14-7-4-6-13(17)9-14/h3,5,8,13-14,17H,4,6-7,9-10H2,1-2H3. The van der Waals surface area contributed by atoms with Gasteiger partial charge in [0, 0.05) is 0 Å². The molecule has 2 unspecified atom stereocenters. The quantitative estimate of drug-likeness (QED) is 0.679. The number of hydrogen-bond acceptors (Lipinski definition) is 4. The van der Waals surface area contributed by atoms with Crippen LogP contribution in [-0.4, -0.2) is 30.1 Å². The highest BCUT2D eigenvalue weighted by molar-refractivity contribution is 5.91. The van der Waals surface area contributed by atoms with E-state index in [1.165, 1.54) is 0 Å². The van der Waals surface area contributed by atoms with Gasteiger partial charge in [-0.05, 0) is 56.7 Å². The van der Waals surface area contributed by atoms with E-state index in [1.54, 1.807) is 6.07 Å². The lowest BCUT2D eigenvalue weighted by Crippen LogP contribution is -2.27. The molecule has 2 rings (SSSR count). The van der Waals surface area contributed by atoms with E-state index in [2.05, 4.69) is 0 Å². The van der Waals surface area contributed by atoms with E-state index in [9.17, 15) is 9.90 Å². The van der Waals surface area contributed by atoms with Gasteiger partial charge in [0.05, 0.1) is 17.8 Å². The molecule has 1 N–H and O–H groups in total. The number of hydrogen-bond donors (Lipinski definition) is 1. The molecule has 2 atom stereocenters. The van der Waals surface area contributed by atoms with Crippen LogP contribution in [0.5, 0.6) is 0 Å². The number of carbonyl (C=O) groups excluding carboxylic acids is 1. The van der Waals surface area contributed by atoms with Crippen molar-refractivity contribution in [2.75, 3.05) is 6.79 Å².